The van der Waals surface area contributed by atoms with Crippen LogP contribution in [-0.4, -0.2) is 44.0 Å². The largest absolute Gasteiger partial charge is 0.343 e. The van der Waals surface area contributed by atoms with E-state index >= 15 is 0 Å². The number of carbonyl (C=O) groups is 2. The molecule has 0 saturated carbocycles. The van der Waals surface area contributed by atoms with Gasteiger partial charge in [-0.1, -0.05) is 12.1 Å². The lowest BCUT2D eigenvalue weighted by atomic mass is 10.1. The Balaban J connectivity index is 1.51. The molecular formula is C23H27N3O4S2. The number of aryl methyl sites for hydroxylation is 2. The van der Waals surface area contributed by atoms with Gasteiger partial charge in [0.2, 0.25) is 11.8 Å². The molecule has 2 aromatic rings. The number of likely N-dealkylation sites (tertiary alicyclic amines) is 1. The second kappa shape index (κ2) is 9.15. The highest BCUT2D eigenvalue weighted by molar-refractivity contribution is 7.99. The van der Waals surface area contributed by atoms with Crippen molar-refractivity contribution in [2.24, 2.45) is 5.92 Å². The Kier molecular flexibility index (Phi) is 6.48. The molecule has 0 radical (unpaired) electrons. The third-order valence-electron chi connectivity index (χ3n) is 5.85. The molecule has 2 aromatic carbocycles. The first kappa shape index (κ1) is 22.7. The van der Waals surface area contributed by atoms with Gasteiger partial charge in [-0.15, -0.1) is 11.8 Å². The second-order valence-corrected chi connectivity index (χ2v) is 11.1. The Labute approximate surface area is 193 Å². The predicted octanol–water partition coefficient (Wildman–Crippen LogP) is 3.78. The van der Waals surface area contributed by atoms with E-state index in [0.717, 1.165) is 42.0 Å². The van der Waals surface area contributed by atoms with Crippen LogP contribution < -0.4 is 10.0 Å². The van der Waals surface area contributed by atoms with Crippen molar-refractivity contribution in [3.63, 3.8) is 0 Å². The molecule has 32 heavy (non-hydrogen) atoms. The number of carbonyl (C=O) groups excluding carboxylic acids is 2. The third-order valence-corrected chi connectivity index (χ3v) is 8.45. The molecule has 2 amide bonds. The van der Waals surface area contributed by atoms with Gasteiger partial charge in [-0.05, 0) is 62.1 Å². The molecule has 0 aliphatic carbocycles. The zero-order valence-corrected chi connectivity index (χ0v) is 19.8. The maximum Gasteiger partial charge on any atom is 0.261 e. The molecule has 2 heterocycles. The summed E-state index contributed by atoms with van der Waals surface area (Å²) in [7, 11) is -3.83. The van der Waals surface area contributed by atoms with Crippen LogP contribution >= 0.6 is 11.8 Å². The number of amides is 2. The number of nitrogens with zero attached hydrogens (tertiary/aromatic N) is 1. The van der Waals surface area contributed by atoms with Crippen LogP contribution in [-0.2, 0) is 19.6 Å². The van der Waals surface area contributed by atoms with Crippen LogP contribution in [0.5, 0.6) is 0 Å². The minimum atomic E-state index is -3.83. The average Bonchev–Trinajstić information content (AvgIpc) is 3.24. The molecule has 0 unspecified atom stereocenters. The van der Waals surface area contributed by atoms with Crippen molar-refractivity contribution < 1.29 is 18.0 Å². The number of nitrogens with one attached hydrogen (secondary N) is 2. The van der Waals surface area contributed by atoms with Gasteiger partial charge in [-0.3, -0.25) is 14.3 Å². The van der Waals surface area contributed by atoms with Crippen LogP contribution in [0.4, 0.5) is 11.4 Å². The Morgan fingerprint density at radius 2 is 1.91 bits per heavy atom. The van der Waals surface area contributed by atoms with E-state index in [4.69, 9.17) is 0 Å². The van der Waals surface area contributed by atoms with E-state index in [1.807, 2.05) is 30.9 Å². The summed E-state index contributed by atoms with van der Waals surface area (Å²) in [4.78, 5) is 28.0. The van der Waals surface area contributed by atoms with Gasteiger partial charge in [0, 0.05) is 30.2 Å². The third kappa shape index (κ3) is 4.94. The molecule has 2 aliphatic heterocycles. The van der Waals surface area contributed by atoms with Gasteiger partial charge >= 0.3 is 0 Å². The van der Waals surface area contributed by atoms with Crippen LogP contribution in [0.15, 0.2) is 46.2 Å². The van der Waals surface area contributed by atoms with Gasteiger partial charge in [0.05, 0.1) is 22.2 Å². The molecule has 1 saturated heterocycles. The van der Waals surface area contributed by atoms with Crippen LogP contribution in [0.25, 0.3) is 0 Å². The Bertz CT molecular complexity index is 1160. The quantitative estimate of drug-likeness (QED) is 0.689. The minimum Gasteiger partial charge on any atom is -0.343 e. The zero-order valence-electron chi connectivity index (χ0n) is 18.2. The lowest BCUT2D eigenvalue weighted by molar-refractivity contribution is -0.133. The summed E-state index contributed by atoms with van der Waals surface area (Å²) in [6, 6.07) is 10.3. The summed E-state index contributed by atoms with van der Waals surface area (Å²) < 4.78 is 28.6. The van der Waals surface area contributed by atoms with Gasteiger partial charge in [-0.2, -0.15) is 0 Å². The molecule has 0 spiro atoms. The normalized spacial score (nSPS) is 18.6. The fourth-order valence-corrected chi connectivity index (χ4v) is 6.14. The van der Waals surface area contributed by atoms with E-state index in [1.165, 1.54) is 17.8 Å². The molecule has 4 rings (SSSR count). The van der Waals surface area contributed by atoms with Crippen molar-refractivity contribution in [2.75, 3.05) is 28.9 Å². The van der Waals surface area contributed by atoms with Gasteiger partial charge in [0.25, 0.3) is 10.0 Å². The Morgan fingerprint density at radius 3 is 2.66 bits per heavy atom. The van der Waals surface area contributed by atoms with Crippen molar-refractivity contribution in [3.8, 4) is 0 Å². The smallest absolute Gasteiger partial charge is 0.261 e. The predicted molar refractivity (Wildman–Crippen MR) is 126 cm³/mol. The number of hydrogen-bond acceptors (Lipinski definition) is 5. The van der Waals surface area contributed by atoms with Crippen LogP contribution in [0.2, 0.25) is 0 Å². The fraction of sp³-hybridized carbons (Fsp3) is 0.391. The molecule has 1 fully saturated rings. The highest BCUT2D eigenvalue weighted by atomic mass is 32.2. The minimum absolute atomic E-state index is 0.00944. The molecule has 170 valence electrons. The van der Waals surface area contributed by atoms with Gasteiger partial charge in [0.15, 0.2) is 0 Å². The molecule has 1 atom stereocenters. The molecular weight excluding hydrogens is 446 g/mol. The molecule has 0 bridgehead atoms. The van der Waals surface area contributed by atoms with Crippen LogP contribution in [0.1, 0.15) is 30.4 Å². The first-order chi connectivity index (χ1) is 15.2. The highest BCUT2D eigenvalue weighted by Crippen LogP contribution is 2.35. The second-order valence-electron chi connectivity index (χ2n) is 8.37. The summed E-state index contributed by atoms with van der Waals surface area (Å²) in [5.41, 5.74) is 2.76. The lowest BCUT2D eigenvalue weighted by Crippen LogP contribution is -2.33. The first-order valence-electron chi connectivity index (χ1n) is 10.7. The van der Waals surface area contributed by atoms with E-state index < -0.39 is 15.9 Å². The summed E-state index contributed by atoms with van der Waals surface area (Å²) in [6.07, 6.45) is 2.19. The van der Waals surface area contributed by atoms with Crippen molar-refractivity contribution in [2.45, 2.75) is 42.9 Å². The van der Waals surface area contributed by atoms with E-state index in [9.17, 15) is 18.0 Å². The topological polar surface area (TPSA) is 95.6 Å². The number of anilines is 2. The zero-order chi connectivity index (χ0) is 22.9. The van der Waals surface area contributed by atoms with Crippen molar-refractivity contribution in [3.05, 3.63) is 47.5 Å². The molecule has 9 heteroatoms. The monoisotopic (exact) mass is 473 g/mol. The van der Waals surface area contributed by atoms with E-state index in [0.29, 0.717) is 17.1 Å². The maximum absolute atomic E-state index is 13.0. The van der Waals surface area contributed by atoms with E-state index in [1.54, 1.807) is 18.2 Å². The van der Waals surface area contributed by atoms with Crippen molar-refractivity contribution in [1.82, 2.24) is 4.90 Å². The van der Waals surface area contributed by atoms with Crippen LogP contribution in [0.3, 0.4) is 0 Å². The van der Waals surface area contributed by atoms with Gasteiger partial charge in [0.1, 0.15) is 0 Å². The number of hydrogen-bond donors (Lipinski definition) is 2. The number of sulfonamides is 1. The van der Waals surface area contributed by atoms with E-state index in [-0.39, 0.29) is 23.1 Å². The first-order valence-corrected chi connectivity index (χ1v) is 13.2. The van der Waals surface area contributed by atoms with Gasteiger partial charge in [-0.25, -0.2) is 8.42 Å². The highest BCUT2D eigenvalue weighted by Gasteiger charge is 2.30. The molecule has 2 aliphatic rings. The fourth-order valence-electron chi connectivity index (χ4n) is 3.91. The number of rotatable bonds is 5. The number of benzene rings is 2. The summed E-state index contributed by atoms with van der Waals surface area (Å²) >= 11 is 1.46. The van der Waals surface area contributed by atoms with Crippen molar-refractivity contribution in [1.29, 1.82) is 0 Å². The molecule has 7 nitrogen and oxygen atoms in total. The Morgan fingerprint density at radius 1 is 1.16 bits per heavy atom. The standard InChI is InChI=1S/C23H27N3O4S2/c1-15-5-6-16(2)19(11-15)25-32(29,30)18-7-8-21-20(13-18)24-23(28)17(14-31-21)12-22(27)26-9-3-4-10-26/h5-8,11,13,17,25H,3-4,9-10,12,14H2,1-2H3,(H,24,28)/t17-/m1/s1. The Hall–Kier alpha value is -2.52. The number of thioether (sulfide) groups is 1. The maximum atomic E-state index is 13.0. The SMILES string of the molecule is Cc1ccc(C)c(NS(=O)(=O)c2ccc3c(c2)NC(=O)[C@H](CC(=O)N2CCCC2)CS3)c1. The van der Waals surface area contributed by atoms with E-state index in [2.05, 4.69) is 10.0 Å². The molecule has 2 N–H and O–H groups in total. The van der Waals surface area contributed by atoms with Gasteiger partial charge < -0.3 is 10.2 Å². The summed E-state index contributed by atoms with van der Waals surface area (Å²) in [6.45, 7) is 5.26. The summed E-state index contributed by atoms with van der Waals surface area (Å²) in [5.74, 6) is -0.213. The lowest BCUT2D eigenvalue weighted by Gasteiger charge is -2.18. The summed E-state index contributed by atoms with van der Waals surface area (Å²) in [5, 5.41) is 2.84. The average molecular weight is 474 g/mol. The van der Waals surface area contributed by atoms with Crippen LogP contribution in [0, 0.1) is 19.8 Å². The molecule has 0 aromatic heterocycles. The number of fused-ring (bicyclic) bond motifs is 1. The van der Waals surface area contributed by atoms with Crippen molar-refractivity contribution >= 4 is 45.0 Å².